The number of nitrogens with one attached hydrogen (secondary N) is 1. The molecule has 0 aliphatic carbocycles. The number of methoxy groups -OCH3 is 3. The molecule has 7 nitrogen and oxygen atoms in total. The highest BCUT2D eigenvalue weighted by Crippen LogP contribution is 2.35. The molecule has 128 valence electrons. The van der Waals surface area contributed by atoms with E-state index in [9.17, 15) is 9.59 Å². The summed E-state index contributed by atoms with van der Waals surface area (Å²) in [4.78, 5) is 26.2. The van der Waals surface area contributed by atoms with Gasteiger partial charge in [0.15, 0.2) is 17.0 Å². The molecule has 1 N–H and O–H groups in total. The number of likely N-dealkylation sites (N-methyl/N-ethyl adjacent to an activating group) is 1. The van der Waals surface area contributed by atoms with Gasteiger partial charge in [0.05, 0.1) is 27.9 Å². The fraction of sp³-hybridized carbons (Fsp3) is 0.412. The van der Waals surface area contributed by atoms with Crippen molar-refractivity contribution in [2.45, 2.75) is 12.1 Å². The Kier molecular flexibility index (Phi) is 5.00. The van der Waals surface area contributed by atoms with Crippen molar-refractivity contribution < 1.29 is 23.8 Å². The van der Waals surface area contributed by atoms with E-state index in [1.165, 1.54) is 26.2 Å². The Morgan fingerprint density at radius 2 is 1.96 bits per heavy atom. The van der Waals surface area contributed by atoms with Gasteiger partial charge in [-0.05, 0) is 24.7 Å². The predicted octanol–water partition coefficient (Wildman–Crippen LogP) is 0.424. The Bertz CT molecular complexity index is 710. The fourth-order valence-corrected chi connectivity index (χ4v) is 2.71. The number of fused-ring (bicyclic) bond motifs is 1. The summed E-state index contributed by atoms with van der Waals surface area (Å²) in [5.74, 6) is 2.56. The van der Waals surface area contributed by atoms with Gasteiger partial charge < -0.3 is 19.1 Å². The number of nitrogens with zero attached hydrogens (tertiary/aromatic N) is 1. The third kappa shape index (κ3) is 2.76. The van der Waals surface area contributed by atoms with Gasteiger partial charge in [0, 0.05) is 12.1 Å². The quantitative estimate of drug-likeness (QED) is 0.601. The molecule has 0 unspecified atom stereocenters. The Morgan fingerprint density at radius 3 is 2.46 bits per heavy atom. The first-order valence-electron chi connectivity index (χ1n) is 7.25. The molecule has 0 radical (unpaired) electrons. The van der Waals surface area contributed by atoms with Gasteiger partial charge in [-0.2, -0.15) is 0 Å². The minimum atomic E-state index is -1.40. The van der Waals surface area contributed by atoms with E-state index in [0.29, 0.717) is 23.6 Å². The number of hydrogen-bond donors (Lipinski definition) is 1. The van der Waals surface area contributed by atoms with Crippen molar-refractivity contribution in [1.29, 1.82) is 0 Å². The molecule has 0 saturated carbocycles. The standard InChI is InChI=1S/C17H20N2O5/c1-6-17(18-2,16(21)24-5)10-19-9-11-7-13(22-3)14(23-4)8-12(11)15(19)20/h1,7-8,18H,9-10H2,2-5H3/t17-/m1/s1. The molecule has 0 fully saturated rings. The molecule has 1 atom stereocenters. The van der Waals surface area contributed by atoms with Crippen LogP contribution in [-0.4, -0.2) is 57.2 Å². The van der Waals surface area contributed by atoms with Crippen LogP contribution in [-0.2, 0) is 16.1 Å². The maximum absolute atomic E-state index is 12.7. The highest BCUT2D eigenvalue weighted by molar-refractivity contribution is 6.00. The minimum absolute atomic E-state index is 0.00911. The van der Waals surface area contributed by atoms with Gasteiger partial charge in [-0.25, -0.2) is 4.79 Å². The van der Waals surface area contributed by atoms with Crippen LogP contribution in [0.3, 0.4) is 0 Å². The Morgan fingerprint density at radius 1 is 1.33 bits per heavy atom. The van der Waals surface area contributed by atoms with Crippen molar-refractivity contribution in [2.75, 3.05) is 34.9 Å². The maximum Gasteiger partial charge on any atom is 0.340 e. The summed E-state index contributed by atoms with van der Waals surface area (Å²) >= 11 is 0. The van der Waals surface area contributed by atoms with Crippen LogP contribution >= 0.6 is 0 Å². The second-order valence-electron chi connectivity index (χ2n) is 5.32. The van der Waals surface area contributed by atoms with E-state index in [1.807, 2.05) is 0 Å². The predicted molar refractivity (Wildman–Crippen MR) is 86.9 cm³/mol. The zero-order chi connectivity index (χ0) is 17.9. The van der Waals surface area contributed by atoms with Crippen molar-refractivity contribution in [1.82, 2.24) is 10.2 Å². The lowest BCUT2D eigenvalue weighted by atomic mass is 10.0. The Labute approximate surface area is 140 Å². The van der Waals surface area contributed by atoms with Crippen LogP contribution in [0.15, 0.2) is 12.1 Å². The molecular formula is C17H20N2O5. The molecule has 1 aromatic carbocycles. The summed E-state index contributed by atoms with van der Waals surface area (Å²) in [6, 6.07) is 3.38. The van der Waals surface area contributed by atoms with Crippen molar-refractivity contribution >= 4 is 11.9 Å². The van der Waals surface area contributed by atoms with E-state index in [2.05, 4.69) is 11.2 Å². The van der Waals surface area contributed by atoms with Gasteiger partial charge in [0.2, 0.25) is 0 Å². The van der Waals surface area contributed by atoms with E-state index in [-0.39, 0.29) is 12.5 Å². The van der Waals surface area contributed by atoms with Gasteiger partial charge in [0.1, 0.15) is 0 Å². The molecule has 0 aromatic heterocycles. The topological polar surface area (TPSA) is 77.1 Å². The van der Waals surface area contributed by atoms with Crippen LogP contribution in [0.2, 0.25) is 0 Å². The minimum Gasteiger partial charge on any atom is -0.493 e. The molecule has 7 heteroatoms. The summed E-state index contributed by atoms with van der Waals surface area (Å²) in [5.41, 5.74) is -0.121. The number of carbonyl (C=O) groups is 2. The summed E-state index contributed by atoms with van der Waals surface area (Å²) in [5, 5.41) is 2.78. The van der Waals surface area contributed by atoms with Crippen LogP contribution in [0.5, 0.6) is 11.5 Å². The molecule has 0 bridgehead atoms. The number of ether oxygens (including phenoxy) is 3. The monoisotopic (exact) mass is 332 g/mol. The zero-order valence-electron chi connectivity index (χ0n) is 14.1. The molecule has 1 heterocycles. The average Bonchev–Trinajstić information content (AvgIpc) is 2.92. The molecule has 24 heavy (non-hydrogen) atoms. The SMILES string of the molecule is C#C[C@](CN1Cc2cc(OC)c(OC)cc2C1=O)(NC)C(=O)OC. The van der Waals surface area contributed by atoms with Crippen LogP contribution in [0.4, 0.5) is 0 Å². The first kappa shape index (κ1) is 17.6. The van der Waals surface area contributed by atoms with Crippen LogP contribution < -0.4 is 14.8 Å². The number of benzene rings is 1. The van der Waals surface area contributed by atoms with Crippen molar-refractivity contribution in [2.24, 2.45) is 0 Å². The Balaban J connectivity index is 2.34. The molecule has 0 spiro atoms. The smallest absolute Gasteiger partial charge is 0.340 e. The van der Waals surface area contributed by atoms with Gasteiger partial charge in [-0.3, -0.25) is 10.1 Å². The molecule has 1 aromatic rings. The third-order valence-electron chi connectivity index (χ3n) is 4.12. The second-order valence-corrected chi connectivity index (χ2v) is 5.32. The van der Waals surface area contributed by atoms with Crippen LogP contribution in [0.1, 0.15) is 15.9 Å². The highest BCUT2D eigenvalue weighted by Gasteiger charge is 2.42. The van der Waals surface area contributed by atoms with Crippen molar-refractivity contribution in [3.8, 4) is 23.8 Å². The summed E-state index contributed by atoms with van der Waals surface area (Å²) in [6.45, 7) is 0.307. The summed E-state index contributed by atoms with van der Waals surface area (Å²) < 4.78 is 15.3. The maximum atomic E-state index is 12.7. The van der Waals surface area contributed by atoms with E-state index < -0.39 is 11.5 Å². The zero-order valence-corrected chi connectivity index (χ0v) is 14.1. The molecule has 2 rings (SSSR count). The number of terminal acetylenes is 1. The largest absolute Gasteiger partial charge is 0.493 e. The first-order chi connectivity index (χ1) is 11.5. The summed E-state index contributed by atoms with van der Waals surface area (Å²) in [7, 11) is 5.84. The van der Waals surface area contributed by atoms with E-state index >= 15 is 0 Å². The lowest BCUT2D eigenvalue weighted by Crippen LogP contribution is -2.57. The van der Waals surface area contributed by atoms with Crippen molar-refractivity contribution in [3.05, 3.63) is 23.3 Å². The van der Waals surface area contributed by atoms with Crippen LogP contribution in [0.25, 0.3) is 0 Å². The number of carbonyl (C=O) groups excluding carboxylic acids is 2. The number of esters is 1. The van der Waals surface area contributed by atoms with Gasteiger partial charge in [-0.1, -0.05) is 5.92 Å². The van der Waals surface area contributed by atoms with E-state index in [1.54, 1.807) is 19.2 Å². The average molecular weight is 332 g/mol. The second kappa shape index (κ2) is 6.81. The fourth-order valence-electron chi connectivity index (χ4n) is 2.71. The lowest BCUT2D eigenvalue weighted by molar-refractivity contribution is -0.146. The molecular weight excluding hydrogens is 312 g/mol. The van der Waals surface area contributed by atoms with Gasteiger partial charge >= 0.3 is 5.97 Å². The molecule has 1 aliphatic heterocycles. The summed E-state index contributed by atoms with van der Waals surface area (Å²) in [6.07, 6.45) is 5.52. The lowest BCUT2D eigenvalue weighted by Gasteiger charge is -2.29. The highest BCUT2D eigenvalue weighted by atomic mass is 16.5. The van der Waals surface area contributed by atoms with Gasteiger partial charge in [0.25, 0.3) is 5.91 Å². The van der Waals surface area contributed by atoms with Crippen LogP contribution in [0, 0.1) is 12.3 Å². The molecule has 1 aliphatic rings. The first-order valence-corrected chi connectivity index (χ1v) is 7.25. The van der Waals surface area contributed by atoms with Gasteiger partial charge in [-0.15, -0.1) is 6.42 Å². The normalized spacial score (nSPS) is 15.3. The molecule has 1 amide bonds. The number of rotatable bonds is 6. The van der Waals surface area contributed by atoms with E-state index in [4.69, 9.17) is 20.6 Å². The third-order valence-corrected chi connectivity index (χ3v) is 4.12. The van der Waals surface area contributed by atoms with E-state index in [0.717, 1.165) is 5.56 Å². The van der Waals surface area contributed by atoms with Crippen molar-refractivity contribution in [3.63, 3.8) is 0 Å². The number of amides is 1. The Hall–Kier alpha value is -2.72. The molecule has 0 saturated heterocycles. The number of hydrogen-bond acceptors (Lipinski definition) is 6.